The Morgan fingerprint density at radius 2 is 1.51 bits per heavy atom. The Kier molecular flexibility index (Phi) is 5.45. The van der Waals surface area contributed by atoms with Gasteiger partial charge in [-0.2, -0.15) is 0 Å². The molecule has 184 valence electrons. The quantitative estimate of drug-likeness (QED) is 0.240. The van der Waals surface area contributed by atoms with Crippen LogP contribution in [0.1, 0.15) is 45.0 Å². The van der Waals surface area contributed by atoms with Gasteiger partial charge in [-0.3, -0.25) is 9.97 Å². The lowest BCUT2D eigenvalue weighted by Crippen LogP contribution is -2.06. The van der Waals surface area contributed by atoms with Gasteiger partial charge in [0.15, 0.2) is 0 Å². The fourth-order valence-electron chi connectivity index (χ4n) is 4.96. The van der Waals surface area contributed by atoms with Crippen LogP contribution in [0.2, 0.25) is 0 Å². The number of imidazole rings is 1. The number of hydrogen-bond acceptors (Lipinski definition) is 4. The van der Waals surface area contributed by atoms with Crippen LogP contribution in [-0.2, 0) is 0 Å². The van der Waals surface area contributed by atoms with Crippen molar-refractivity contribution in [3.8, 4) is 11.1 Å². The fraction of sp³-hybridized carbons (Fsp3) is 0.219. The third-order valence-electron chi connectivity index (χ3n) is 7.28. The highest BCUT2D eigenvalue weighted by Crippen LogP contribution is 2.37. The number of fused-ring (bicyclic) bond motifs is 7. The summed E-state index contributed by atoms with van der Waals surface area (Å²) >= 11 is 0. The predicted octanol–water partition coefficient (Wildman–Crippen LogP) is 8.49. The van der Waals surface area contributed by atoms with Crippen LogP contribution in [0.3, 0.4) is 0 Å². The molecule has 37 heavy (non-hydrogen) atoms. The average Bonchev–Trinajstić information content (AvgIpc) is 3.36. The Balaban J connectivity index is 1.53. The number of aryl methyl sites for hydroxylation is 1. The van der Waals surface area contributed by atoms with Crippen molar-refractivity contribution in [2.45, 2.75) is 40.5 Å². The molecule has 2 N–H and O–H groups in total. The monoisotopic (exact) mass is 485 g/mol. The van der Waals surface area contributed by atoms with Crippen LogP contribution in [0.15, 0.2) is 73.2 Å². The average molecular weight is 486 g/mol. The number of H-pyrrole nitrogens is 1. The first-order chi connectivity index (χ1) is 17.8. The Morgan fingerprint density at radius 3 is 2.24 bits per heavy atom. The zero-order chi connectivity index (χ0) is 25.8. The molecule has 0 saturated carbocycles. The molecular weight excluding hydrogens is 454 g/mol. The first kappa shape index (κ1) is 23.2. The minimum Gasteiger partial charge on any atom is -0.358 e. The number of aromatic nitrogens is 4. The summed E-state index contributed by atoms with van der Waals surface area (Å²) in [7, 11) is 0. The summed E-state index contributed by atoms with van der Waals surface area (Å²) < 4.78 is 0. The normalized spacial score (nSPS) is 12.0. The van der Waals surface area contributed by atoms with Crippen LogP contribution < -0.4 is 5.32 Å². The largest absolute Gasteiger partial charge is 0.358 e. The SMILES string of the molecule is C=C(Nc1c(C)ccc2cc(-c3ccc4c(c3)c3nccnc3c3[nH]c(C(C)C)nc43)ccc12)C(C)C. The van der Waals surface area contributed by atoms with Gasteiger partial charge in [0.05, 0.1) is 16.6 Å². The molecule has 2 aromatic heterocycles. The van der Waals surface area contributed by atoms with Crippen molar-refractivity contribution >= 4 is 49.3 Å². The van der Waals surface area contributed by atoms with Crippen molar-refractivity contribution in [1.29, 1.82) is 0 Å². The molecule has 0 saturated heterocycles. The number of rotatable bonds is 5. The molecule has 5 nitrogen and oxygen atoms in total. The number of anilines is 1. The number of nitrogens with one attached hydrogen (secondary N) is 2. The molecule has 0 spiro atoms. The summed E-state index contributed by atoms with van der Waals surface area (Å²) in [6.07, 6.45) is 3.51. The van der Waals surface area contributed by atoms with Gasteiger partial charge in [0, 0.05) is 45.9 Å². The third-order valence-corrected chi connectivity index (χ3v) is 7.28. The Bertz CT molecular complexity index is 1840. The van der Waals surface area contributed by atoms with Gasteiger partial charge >= 0.3 is 0 Å². The molecule has 0 aliphatic carbocycles. The van der Waals surface area contributed by atoms with E-state index in [0.29, 0.717) is 11.8 Å². The predicted molar refractivity (Wildman–Crippen MR) is 156 cm³/mol. The zero-order valence-electron chi connectivity index (χ0n) is 22.0. The second-order valence-corrected chi connectivity index (χ2v) is 10.5. The van der Waals surface area contributed by atoms with Crippen LogP contribution in [0.25, 0.3) is 54.7 Å². The second kappa shape index (κ2) is 8.70. The summed E-state index contributed by atoms with van der Waals surface area (Å²) in [4.78, 5) is 17.9. The molecule has 0 bridgehead atoms. The molecule has 4 aromatic carbocycles. The highest BCUT2D eigenvalue weighted by Gasteiger charge is 2.17. The van der Waals surface area contributed by atoms with E-state index in [1.807, 2.05) is 0 Å². The van der Waals surface area contributed by atoms with Crippen LogP contribution >= 0.6 is 0 Å². The number of allylic oxidation sites excluding steroid dienone is 1. The third kappa shape index (κ3) is 3.82. The van der Waals surface area contributed by atoms with Crippen molar-refractivity contribution in [3.05, 3.63) is 84.6 Å². The van der Waals surface area contributed by atoms with Crippen molar-refractivity contribution in [2.24, 2.45) is 5.92 Å². The van der Waals surface area contributed by atoms with Gasteiger partial charge in [0.1, 0.15) is 11.3 Å². The van der Waals surface area contributed by atoms with Gasteiger partial charge in [0.2, 0.25) is 0 Å². The van der Waals surface area contributed by atoms with E-state index in [0.717, 1.165) is 61.2 Å². The minimum absolute atomic E-state index is 0.298. The van der Waals surface area contributed by atoms with Crippen LogP contribution in [0.5, 0.6) is 0 Å². The first-order valence-electron chi connectivity index (χ1n) is 12.9. The number of benzene rings is 4. The maximum atomic E-state index is 4.95. The number of hydrogen-bond donors (Lipinski definition) is 2. The van der Waals surface area contributed by atoms with E-state index in [4.69, 9.17) is 9.97 Å². The highest BCUT2D eigenvalue weighted by molar-refractivity contribution is 6.21. The topological polar surface area (TPSA) is 66.5 Å². The van der Waals surface area contributed by atoms with Crippen molar-refractivity contribution in [2.75, 3.05) is 5.32 Å². The zero-order valence-corrected chi connectivity index (χ0v) is 22.0. The van der Waals surface area contributed by atoms with Gasteiger partial charge in [-0.15, -0.1) is 0 Å². The van der Waals surface area contributed by atoms with Crippen LogP contribution in [0, 0.1) is 12.8 Å². The molecule has 6 rings (SSSR count). The molecule has 0 radical (unpaired) electrons. The minimum atomic E-state index is 0.298. The molecule has 0 aliphatic rings. The molecule has 0 unspecified atom stereocenters. The van der Waals surface area contributed by atoms with E-state index in [1.54, 1.807) is 12.4 Å². The highest BCUT2D eigenvalue weighted by atomic mass is 14.9. The van der Waals surface area contributed by atoms with E-state index in [-0.39, 0.29) is 0 Å². The number of nitrogens with zero attached hydrogens (tertiary/aromatic N) is 3. The second-order valence-electron chi connectivity index (χ2n) is 10.5. The molecule has 0 atom stereocenters. The molecule has 6 aromatic rings. The summed E-state index contributed by atoms with van der Waals surface area (Å²) in [6, 6.07) is 17.6. The molecule has 0 fully saturated rings. The summed E-state index contributed by atoms with van der Waals surface area (Å²) in [5.41, 5.74) is 9.32. The molecule has 2 heterocycles. The van der Waals surface area contributed by atoms with E-state index in [1.165, 1.54) is 16.3 Å². The number of aromatic amines is 1. The standard InChI is InChI=1S/C32H31N5/c1-17(2)20(6)35-27-19(5)7-8-23-15-21(9-11-24(23)27)22-10-12-25-26(16-22)28-30(34-14-13-33-28)31-29(25)36-32(37-31)18(3)4/h7-18,35H,6H2,1-5H3,(H,36,37). The Morgan fingerprint density at radius 1 is 0.811 bits per heavy atom. The maximum absolute atomic E-state index is 4.95. The lowest BCUT2D eigenvalue weighted by atomic mass is 9.96. The smallest absolute Gasteiger partial charge is 0.115 e. The Hall–Kier alpha value is -4.25. The fourth-order valence-corrected chi connectivity index (χ4v) is 4.96. The molecule has 0 amide bonds. The lowest BCUT2D eigenvalue weighted by Gasteiger charge is -2.17. The van der Waals surface area contributed by atoms with Gasteiger partial charge in [-0.05, 0) is 47.1 Å². The summed E-state index contributed by atoms with van der Waals surface area (Å²) in [5.74, 6) is 1.63. The summed E-state index contributed by atoms with van der Waals surface area (Å²) in [5, 5.41) is 8.10. The molecule has 0 aliphatic heterocycles. The van der Waals surface area contributed by atoms with Gasteiger partial charge in [-0.25, -0.2) is 4.98 Å². The van der Waals surface area contributed by atoms with Gasteiger partial charge < -0.3 is 10.3 Å². The van der Waals surface area contributed by atoms with Crippen molar-refractivity contribution < 1.29 is 0 Å². The summed E-state index contributed by atoms with van der Waals surface area (Å²) in [6.45, 7) is 15.0. The maximum Gasteiger partial charge on any atom is 0.115 e. The van der Waals surface area contributed by atoms with Gasteiger partial charge in [0.25, 0.3) is 0 Å². The van der Waals surface area contributed by atoms with E-state index in [2.05, 4.69) is 105 Å². The molecular formula is C32H31N5. The van der Waals surface area contributed by atoms with Crippen molar-refractivity contribution in [3.63, 3.8) is 0 Å². The van der Waals surface area contributed by atoms with E-state index in [9.17, 15) is 0 Å². The van der Waals surface area contributed by atoms with E-state index < -0.39 is 0 Å². The van der Waals surface area contributed by atoms with Crippen LogP contribution in [-0.4, -0.2) is 19.9 Å². The van der Waals surface area contributed by atoms with E-state index >= 15 is 0 Å². The lowest BCUT2D eigenvalue weighted by molar-refractivity contribution is 0.778. The molecule has 5 heteroatoms. The van der Waals surface area contributed by atoms with Crippen molar-refractivity contribution in [1.82, 2.24) is 19.9 Å². The Labute approximate surface area is 216 Å². The van der Waals surface area contributed by atoms with Crippen LogP contribution in [0.4, 0.5) is 5.69 Å². The first-order valence-corrected chi connectivity index (χ1v) is 12.9. The van der Waals surface area contributed by atoms with Gasteiger partial charge in [-0.1, -0.05) is 70.7 Å².